The van der Waals surface area contributed by atoms with E-state index in [9.17, 15) is 4.79 Å². The minimum Gasteiger partial charge on any atom is -0.478 e. The van der Waals surface area contributed by atoms with Crippen LogP contribution < -0.4 is 0 Å². The zero-order chi connectivity index (χ0) is 13.6. The quantitative estimate of drug-likeness (QED) is 0.868. The molecule has 2 aromatic rings. The van der Waals surface area contributed by atoms with E-state index in [2.05, 4.69) is 0 Å². The number of halogens is 1. The zero-order valence-electron chi connectivity index (χ0n) is 10.6. The highest BCUT2D eigenvalue weighted by atomic mass is 35.5. The Bertz CT molecular complexity index is 695. The summed E-state index contributed by atoms with van der Waals surface area (Å²) in [6.45, 7) is 0. The largest absolute Gasteiger partial charge is 0.478 e. The van der Waals surface area contributed by atoms with E-state index in [1.807, 2.05) is 36.0 Å². The molecular weight excluding hydrogens is 262 g/mol. The van der Waals surface area contributed by atoms with Gasteiger partial charge in [0.05, 0.1) is 10.5 Å². The molecule has 1 aromatic carbocycles. The van der Waals surface area contributed by atoms with E-state index >= 15 is 0 Å². The standard InChI is InChI=1S/C15H14ClNO2/c1-17-8-12(10-3-2-4-13(16)15(10)17)11(7-14(18)19)9-5-6-9/h2-4,7-9H,5-6H2,1H3,(H,18,19)/b11-7+. The first-order valence-electron chi connectivity index (χ1n) is 6.26. The Morgan fingerprint density at radius 1 is 1.47 bits per heavy atom. The van der Waals surface area contributed by atoms with E-state index < -0.39 is 5.97 Å². The Kier molecular flexibility index (Phi) is 2.86. The predicted molar refractivity (Wildman–Crippen MR) is 76.3 cm³/mol. The molecule has 1 aromatic heterocycles. The van der Waals surface area contributed by atoms with Crippen molar-refractivity contribution in [3.8, 4) is 0 Å². The number of hydrogen-bond donors (Lipinski definition) is 1. The van der Waals surface area contributed by atoms with Crippen LogP contribution in [0.4, 0.5) is 0 Å². The lowest BCUT2D eigenvalue weighted by molar-refractivity contribution is -0.131. The van der Waals surface area contributed by atoms with Gasteiger partial charge in [0, 0.05) is 30.3 Å². The fourth-order valence-electron chi connectivity index (χ4n) is 2.59. The van der Waals surface area contributed by atoms with Gasteiger partial charge in [0.25, 0.3) is 0 Å². The topological polar surface area (TPSA) is 42.2 Å². The van der Waals surface area contributed by atoms with Crippen molar-refractivity contribution in [2.75, 3.05) is 0 Å². The lowest BCUT2D eigenvalue weighted by Crippen LogP contribution is -1.94. The van der Waals surface area contributed by atoms with Gasteiger partial charge in [0.15, 0.2) is 0 Å². The van der Waals surface area contributed by atoms with Crippen LogP contribution in [0.15, 0.2) is 30.5 Å². The van der Waals surface area contributed by atoms with Crippen LogP contribution in [0.3, 0.4) is 0 Å². The summed E-state index contributed by atoms with van der Waals surface area (Å²) in [7, 11) is 1.93. The van der Waals surface area contributed by atoms with Crippen LogP contribution in [-0.2, 0) is 11.8 Å². The number of aromatic nitrogens is 1. The molecule has 0 aliphatic heterocycles. The maximum atomic E-state index is 11.0. The zero-order valence-corrected chi connectivity index (χ0v) is 11.3. The minimum atomic E-state index is -0.888. The number of rotatable bonds is 3. The van der Waals surface area contributed by atoms with Gasteiger partial charge in [-0.2, -0.15) is 0 Å². The lowest BCUT2D eigenvalue weighted by Gasteiger charge is -2.03. The lowest BCUT2D eigenvalue weighted by atomic mass is 10.0. The average molecular weight is 276 g/mol. The minimum absolute atomic E-state index is 0.376. The second-order valence-corrected chi connectivity index (χ2v) is 5.41. The molecular formula is C15H14ClNO2. The fraction of sp³-hybridized carbons (Fsp3) is 0.267. The number of carboxylic acid groups (broad SMARTS) is 1. The van der Waals surface area contributed by atoms with E-state index in [4.69, 9.17) is 16.7 Å². The summed E-state index contributed by atoms with van der Waals surface area (Å²) in [5.41, 5.74) is 2.86. The van der Waals surface area contributed by atoms with Crippen molar-refractivity contribution in [1.82, 2.24) is 4.57 Å². The van der Waals surface area contributed by atoms with Gasteiger partial charge in [-0.05, 0) is 30.4 Å². The van der Waals surface area contributed by atoms with Crippen LogP contribution in [0.2, 0.25) is 5.02 Å². The molecule has 1 fully saturated rings. The van der Waals surface area contributed by atoms with Crippen molar-refractivity contribution in [2.24, 2.45) is 13.0 Å². The molecule has 98 valence electrons. The molecule has 1 saturated carbocycles. The van der Waals surface area contributed by atoms with Crippen molar-refractivity contribution in [2.45, 2.75) is 12.8 Å². The van der Waals surface area contributed by atoms with Crippen molar-refractivity contribution >= 4 is 34.0 Å². The summed E-state index contributed by atoms with van der Waals surface area (Å²) in [4.78, 5) is 11.0. The molecule has 0 saturated heterocycles. The fourth-order valence-corrected chi connectivity index (χ4v) is 2.90. The molecule has 1 aliphatic rings. The van der Waals surface area contributed by atoms with Crippen LogP contribution in [-0.4, -0.2) is 15.6 Å². The van der Waals surface area contributed by atoms with Crippen molar-refractivity contribution < 1.29 is 9.90 Å². The van der Waals surface area contributed by atoms with Crippen molar-refractivity contribution in [1.29, 1.82) is 0 Å². The van der Waals surface area contributed by atoms with Gasteiger partial charge < -0.3 is 9.67 Å². The van der Waals surface area contributed by atoms with Crippen LogP contribution in [0, 0.1) is 5.92 Å². The maximum absolute atomic E-state index is 11.0. The number of nitrogens with zero attached hydrogens (tertiary/aromatic N) is 1. The third-order valence-electron chi connectivity index (χ3n) is 3.56. The van der Waals surface area contributed by atoms with Crippen LogP contribution in [0.25, 0.3) is 16.5 Å². The maximum Gasteiger partial charge on any atom is 0.328 e. The van der Waals surface area contributed by atoms with Gasteiger partial charge in [-0.1, -0.05) is 23.7 Å². The number of aliphatic carboxylic acids is 1. The Labute approximate surface area is 116 Å². The number of hydrogen-bond acceptors (Lipinski definition) is 1. The molecule has 1 N–H and O–H groups in total. The Morgan fingerprint density at radius 2 is 2.21 bits per heavy atom. The molecule has 0 radical (unpaired) electrons. The molecule has 3 nitrogen and oxygen atoms in total. The van der Waals surface area contributed by atoms with Gasteiger partial charge in [-0.25, -0.2) is 4.79 Å². The van der Waals surface area contributed by atoms with E-state index in [0.29, 0.717) is 10.9 Å². The highest BCUT2D eigenvalue weighted by Gasteiger charge is 2.29. The Balaban J connectivity index is 2.24. The average Bonchev–Trinajstić information content (AvgIpc) is 3.12. The van der Waals surface area contributed by atoms with E-state index in [1.54, 1.807) is 0 Å². The molecule has 1 heterocycles. The summed E-state index contributed by atoms with van der Waals surface area (Å²) in [5, 5.41) is 10.8. The number of para-hydroxylation sites is 1. The van der Waals surface area contributed by atoms with Gasteiger partial charge in [-0.3, -0.25) is 0 Å². The summed E-state index contributed by atoms with van der Waals surface area (Å²) >= 11 is 6.22. The molecule has 0 bridgehead atoms. The Hall–Kier alpha value is -1.74. The SMILES string of the molecule is Cn1cc(/C(=C/C(=O)O)C2CC2)c2cccc(Cl)c21. The number of benzene rings is 1. The smallest absolute Gasteiger partial charge is 0.328 e. The number of allylic oxidation sites excluding steroid dienone is 1. The summed E-state index contributed by atoms with van der Waals surface area (Å²) in [5.74, 6) is -0.512. The van der Waals surface area contributed by atoms with Crippen LogP contribution in [0.5, 0.6) is 0 Å². The second kappa shape index (κ2) is 4.42. The molecule has 19 heavy (non-hydrogen) atoms. The molecule has 0 unspecified atom stereocenters. The highest BCUT2D eigenvalue weighted by molar-refractivity contribution is 6.35. The monoisotopic (exact) mass is 275 g/mol. The van der Waals surface area contributed by atoms with Gasteiger partial charge in [0.1, 0.15) is 0 Å². The predicted octanol–water partition coefficient (Wildman–Crippen LogP) is 3.71. The molecule has 1 aliphatic carbocycles. The summed E-state index contributed by atoms with van der Waals surface area (Å²) < 4.78 is 1.96. The van der Waals surface area contributed by atoms with Gasteiger partial charge in [-0.15, -0.1) is 0 Å². The number of carbonyl (C=O) groups is 1. The van der Waals surface area contributed by atoms with Gasteiger partial charge in [0.2, 0.25) is 0 Å². The van der Waals surface area contributed by atoms with Crippen molar-refractivity contribution in [3.05, 3.63) is 41.1 Å². The van der Waals surface area contributed by atoms with Crippen LogP contribution in [0.1, 0.15) is 18.4 Å². The molecule has 3 rings (SSSR count). The normalized spacial score (nSPS) is 16.0. The first-order valence-corrected chi connectivity index (χ1v) is 6.64. The first-order chi connectivity index (χ1) is 9.08. The summed E-state index contributed by atoms with van der Waals surface area (Å²) in [6.07, 6.45) is 5.45. The third-order valence-corrected chi connectivity index (χ3v) is 3.86. The van der Waals surface area contributed by atoms with Gasteiger partial charge >= 0.3 is 5.97 Å². The summed E-state index contributed by atoms with van der Waals surface area (Å²) in [6, 6.07) is 5.75. The number of aryl methyl sites for hydroxylation is 1. The number of carboxylic acids is 1. The molecule has 0 spiro atoms. The highest BCUT2D eigenvalue weighted by Crippen LogP contribution is 2.44. The third kappa shape index (κ3) is 2.15. The van der Waals surface area contributed by atoms with E-state index in [0.717, 1.165) is 34.9 Å². The molecule has 0 amide bonds. The first kappa shape index (κ1) is 12.3. The second-order valence-electron chi connectivity index (χ2n) is 5.00. The van der Waals surface area contributed by atoms with Crippen LogP contribution >= 0.6 is 11.6 Å². The van der Waals surface area contributed by atoms with Crippen molar-refractivity contribution in [3.63, 3.8) is 0 Å². The molecule has 0 atom stereocenters. The van der Waals surface area contributed by atoms with E-state index in [-0.39, 0.29) is 0 Å². The number of fused-ring (bicyclic) bond motifs is 1. The molecule has 4 heteroatoms. The van der Waals surface area contributed by atoms with E-state index in [1.165, 1.54) is 6.08 Å². The Morgan fingerprint density at radius 3 is 2.84 bits per heavy atom.